The Bertz CT molecular complexity index is 624. The molecule has 2 unspecified atom stereocenters. The van der Waals surface area contributed by atoms with Gasteiger partial charge in [0.15, 0.2) is 0 Å². The van der Waals surface area contributed by atoms with Crippen molar-refractivity contribution in [2.75, 3.05) is 12.4 Å². The molecule has 0 saturated heterocycles. The summed E-state index contributed by atoms with van der Waals surface area (Å²) in [6.45, 7) is 11.3. The van der Waals surface area contributed by atoms with Crippen molar-refractivity contribution in [3.05, 3.63) is 12.2 Å². The van der Waals surface area contributed by atoms with E-state index in [0.29, 0.717) is 5.41 Å². The second kappa shape index (κ2) is 12.8. The molecule has 176 valence electrons. The summed E-state index contributed by atoms with van der Waals surface area (Å²) in [5, 5.41) is 0. The van der Waals surface area contributed by atoms with Crippen molar-refractivity contribution < 1.29 is 22.5 Å². The number of esters is 1. The van der Waals surface area contributed by atoms with E-state index in [-0.39, 0.29) is 30.7 Å². The minimum atomic E-state index is -3.99. The monoisotopic (exact) mass is 444 g/mol. The summed E-state index contributed by atoms with van der Waals surface area (Å²) >= 11 is 0. The van der Waals surface area contributed by atoms with Crippen LogP contribution in [0.4, 0.5) is 0 Å². The molecule has 0 heterocycles. The van der Waals surface area contributed by atoms with Gasteiger partial charge in [-0.1, -0.05) is 53.2 Å². The van der Waals surface area contributed by atoms with E-state index >= 15 is 0 Å². The van der Waals surface area contributed by atoms with Crippen LogP contribution in [-0.2, 0) is 19.6 Å². The number of hydrogen-bond donors (Lipinski definition) is 1. The standard InChI is InChI=1S/C24H44O5S/c1-6-20(21-13-15-22(16-14-21)24(3,4)5)12-9-7-8-11-19(2)23(25)29-17-10-18-30(26,27)28/h7,9,19-22H,6,8,10-18H2,1-5H3,(H,26,27,28)/b9-7+. The molecule has 30 heavy (non-hydrogen) atoms. The van der Waals surface area contributed by atoms with E-state index in [1.807, 2.05) is 6.92 Å². The summed E-state index contributed by atoms with van der Waals surface area (Å²) in [7, 11) is -3.99. The zero-order chi connectivity index (χ0) is 22.8. The molecule has 0 aromatic carbocycles. The lowest BCUT2D eigenvalue weighted by molar-refractivity contribution is -0.148. The van der Waals surface area contributed by atoms with Crippen LogP contribution in [0.1, 0.15) is 92.4 Å². The summed E-state index contributed by atoms with van der Waals surface area (Å²) in [6, 6.07) is 0. The van der Waals surface area contributed by atoms with E-state index in [0.717, 1.165) is 37.0 Å². The van der Waals surface area contributed by atoms with Crippen molar-refractivity contribution in [3.63, 3.8) is 0 Å². The van der Waals surface area contributed by atoms with Crippen LogP contribution in [0.5, 0.6) is 0 Å². The van der Waals surface area contributed by atoms with Crippen LogP contribution >= 0.6 is 0 Å². The van der Waals surface area contributed by atoms with Gasteiger partial charge in [-0.05, 0) is 74.5 Å². The van der Waals surface area contributed by atoms with Crippen LogP contribution in [0.3, 0.4) is 0 Å². The zero-order valence-electron chi connectivity index (χ0n) is 19.7. The van der Waals surface area contributed by atoms with Crippen LogP contribution in [0, 0.1) is 29.1 Å². The molecule has 2 atom stereocenters. The average Bonchev–Trinajstić information content (AvgIpc) is 2.66. The predicted molar refractivity (Wildman–Crippen MR) is 123 cm³/mol. The lowest BCUT2D eigenvalue weighted by Gasteiger charge is -2.39. The molecule has 1 saturated carbocycles. The predicted octanol–water partition coefficient (Wildman–Crippen LogP) is 6.05. The van der Waals surface area contributed by atoms with Crippen LogP contribution < -0.4 is 0 Å². The lowest BCUT2D eigenvalue weighted by Crippen LogP contribution is -2.28. The van der Waals surface area contributed by atoms with Crippen molar-refractivity contribution in [1.29, 1.82) is 0 Å². The number of rotatable bonds is 12. The maximum atomic E-state index is 11.9. The van der Waals surface area contributed by atoms with Crippen molar-refractivity contribution in [3.8, 4) is 0 Å². The summed E-state index contributed by atoms with van der Waals surface area (Å²) in [5.41, 5.74) is 0.432. The minimum Gasteiger partial charge on any atom is -0.465 e. The fourth-order valence-corrected chi connectivity index (χ4v) is 5.04. The molecule has 1 N–H and O–H groups in total. The molecular formula is C24H44O5S. The molecule has 0 amide bonds. The molecule has 6 heteroatoms. The van der Waals surface area contributed by atoms with E-state index < -0.39 is 10.1 Å². The number of hydrogen-bond acceptors (Lipinski definition) is 4. The van der Waals surface area contributed by atoms with Gasteiger partial charge in [0.05, 0.1) is 18.3 Å². The van der Waals surface area contributed by atoms with Gasteiger partial charge in [0, 0.05) is 0 Å². The Morgan fingerprint density at radius 2 is 1.80 bits per heavy atom. The number of allylic oxidation sites excluding steroid dienone is 2. The van der Waals surface area contributed by atoms with Gasteiger partial charge in [0.2, 0.25) is 0 Å². The molecule has 5 nitrogen and oxygen atoms in total. The Balaban J connectivity index is 2.26. The minimum absolute atomic E-state index is 0.0223. The Kier molecular flexibility index (Phi) is 11.6. The molecule has 0 radical (unpaired) electrons. The van der Waals surface area contributed by atoms with Gasteiger partial charge in [-0.3, -0.25) is 9.35 Å². The molecule has 1 rings (SSSR count). The third-order valence-corrected chi connectivity index (χ3v) is 7.56. The molecule has 1 aliphatic carbocycles. The molecule has 0 aromatic heterocycles. The summed E-state index contributed by atoms with van der Waals surface area (Å²) in [6.07, 6.45) is 13.9. The Morgan fingerprint density at radius 1 is 1.17 bits per heavy atom. The van der Waals surface area contributed by atoms with E-state index in [9.17, 15) is 13.2 Å². The largest absolute Gasteiger partial charge is 0.465 e. The first-order chi connectivity index (χ1) is 13.9. The van der Waals surface area contributed by atoms with Gasteiger partial charge in [0.25, 0.3) is 10.1 Å². The van der Waals surface area contributed by atoms with Crippen LogP contribution in [0.2, 0.25) is 0 Å². The second-order valence-electron chi connectivity index (χ2n) is 10.1. The summed E-state index contributed by atoms with van der Waals surface area (Å²) in [4.78, 5) is 11.9. The van der Waals surface area contributed by atoms with Gasteiger partial charge in [-0.25, -0.2) is 0 Å². The second-order valence-corrected chi connectivity index (χ2v) is 11.7. The maximum absolute atomic E-state index is 11.9. The molecule has 0 aromatic rings. The molecule has 0 bridgehead atoms. The van der Waals surface area contributed by atoms with E-state index in [1.54, 1.807) is 0 Å². The fraction of sp³-hybridized carbons (Fsp3) is 0.875. The smallest absolute Gasteiger partial charge is 0.308 e. The van der Waals surface area contributed by atoms with Crippen LogP contribution in [-0.4, -0.2) is 31.3 Å². The van der Waals surface area contributed by atoms with E-state index in [1.165, 1.54) is 32.1 Å². The van der Waals surface area contributed by atoms with Crippen molar-refractivity contribution in [2.45, 2.75) is 92.4 Å². The molecule has 1 aliphatic rings. The van der Waals surface area contributed by atoms with Crippen molar-refractivity contribution >= 4 is 16.1 Å². The Labute approximate surface area is 184 Å². The van der Waals surface area contributed by atoms with Gasteiger partial charge in [-0.15, -0.1) is 0 Å². The Morgan fingerprint density at radius 3 is 2.33 bits per heavy atom. The SMILES string of the molecule is CCC(C/C=C/CCC(C)C(=O)OCCCS(=O)(=O)O)C1CCC(C(C)(C)C)CC1. The molecule has 1 fully saturated rings. The molecule has 0 aliphatic heterocycles. The number of ether oxygens (including phenoxy) is 1. The van der Waals surface area contributed by atoms with Crippen LogP contribution in [0.25, 0.3) is 0 Å². The fourth-order valence-electron chi connectivity index (χ4n) is 4.56. The first kappa shape index (κ1) is 27.2. The van der Waals surface area contributed by atoms with Crippen molar-refractivity contribution in [1.82, 2.24) is 0 Å². The maximum Gasteiger partial charge on any atom is 0.308 e. The summed E-state index contributed by atoms with van der Waals surface area (Å²) in [5.74, 6) is 1.56. The highest BCUT2D eigenvalue weighted by atomic mass is 32.2. The third-order valence-electron chi connectivity index (χ3n) is 6.75. The first-order valence-corrected chi connectivity index (χ1v) is 13.3. The third kappa shape index (κ3) is 10.9. The van der Waals surface area contributed by atoms with Crippen LogP contribution in [0.15, 0.2) is 12.2 Å². The summed E-state index contributed by atoms with van der Waals surface area (Å²) < 4.78 is 35.0. The van der Waals surface area contributed by atoms with E-state index in [4.69, 9.17) is 9.29 Å². The number of carbonyl (C=O) groups excluding carboxylic acids is 1. The Hall–Kier alpha value is -0.880. The van der Waals surface area contributed by atoms with Gasteiger partial charge < -0.3 is 4.74 Å². The highest BCUT2D eigenvalue weighted by molar-refractivity contribution is 7.85. The number of carbonyl (C=O) groups is 1. The van der Waals surface area contributed by atoms with Gasteiger partial charge in [-0.2, -0.15) is 8.42 Å². The molecular weight excluding hydrogens is 400 g/mol. The highest BCUT2D eigenvalue weighted by Gasteiger charge is 2.31. The van der Waals surface area contributed by atoms with Gasteiger partial charge >= 0.3 is 5.97 Å². The first-order valence-electron chi connectivity index (χ1n) is 11.7. The lowest BCUT2D eigenvalue weighted by atomic mass is 9.67. The van der Waals surface area contributed by atoms with Crippen molar-refractivity contribution in [2.24, 2.45) is 29.1 Å². The topological polar surface area (TPSA) is 80.7 Å². The zero-order valence-corrected chi connectivity index (χ0v) is 20.5. The normalized spacial score (nSPS) is 22.7. The van der Waals surface area contributed by atoms with E-state index in [2.05, 4.69) is 39.8 Å². The van der Waals surface area contributed by atoms with Gasteiger partial charge in [0.1, 0.15) is 0 Å². The highest BCUT2D eigenvalue weighted by Crippen LogP contribution is 2.43. The molecule has 0 spiro atoms. The quantitative estimate of drug-likeness (QED) is 0.171. The average molecular weight is 445 g/mol.